The topological polar surface area (TPSA) is 81.5 Å². The highest BCUT2D eigenvalue weighted by Crippen LogP contribution is 2.19. The fraction of sp³-hybridized carbons (Fsp3) is 0.533. The van der Waals surface area contributed by atoms with Gasteiger partial charge in [-0.1, -0.05) is 26.0 Å². The summed E-state index contributed by atoms with van der Waals surface area (Å²) in [6, 6.07) is 4.66. The average Bonchev–Trinajstić information content (AvgIpc) is 2.43. The first-order valence-electron chi connectivity index (χ1n) is 6.90. The van der Waals surface area contributed by atoms with Crippen molar-refractivity contribution < 1.29 is 14.5 Å². The average molecular weight is 294 g/mol. The predicted octanol–water partition coefficient (Wildman–Crippen LogP) is 2.58. The molecule has 6 nitrogen and oxygen atoms in total. The Bertz CT molecular complexity index is 514. The Morgan fingerprint density at radius 2 is 2.10 bits per heavy atom. The van der Waals surface area contributed by atoms with Gasteiger partial charge in [-0.3, -0.25) is 14.9 Å². The number of benzene rings is 1. The third kappa shape index (κ3) is 5.15. The summed E-state index contributed by atoms with van der Waals surface area (Å²) in [6.45, 7) is 6.13. The molecule has 0 amide bonds. The summed E-state index contributed by atoms with van der Waals surface area (Å²) in [5.74, 6) is 0.0271. The fourth-order valence-electron chi connectivity index (χ4n) is 2.08. The minimum absolute atomic E-state index is 0.0905. The number of nitrogens with zero attached hydrogens (tertiary/aromatic N) is 1. The monoisotopic (exact) mass is 294 g/mol. The molecule has 1 rings (SSSR count). The van der Waals surface area contributed by atoms with Gasteiger partial charge in [-0.2, -0.15) is 0 Å². The van der Waals surface area contributed by atoms with Crippen LogP contribution >= 0.6 is 0 Å². The second-order valence-corrected chi connectivity index (χ2v) is 5.46. The number of hydrogen-bond donors (Lipinski definition) is 1. The lowest BCUT2D eigenvalue weighted by molar-refractivity contribution is -0.385. The van der Waals surface area contributed by atoms with Crippen molar-refractivity contribution in [3.8, 4) is 0 Å². The Hall–Kier alpha value is -1.95. The summed E-state index contributed by atoms with van der Waals surface area (Å²) in [6.07, 6.45) is 0.653. The molecule has 6 heteroatoms. The van der Waals surface area contributed by atoms with Crippen molar-refractivity contribution in [2.24, 2.45) is 5.92 Å². The molecule has 1 aromatic rings. The molecule has 21 heavy (non-hydrogen) atoms. The van der Waals surface area contributed by atoms with Crippen LogP contribution < -0.4 is 5.32 Å². The first kappa shape index (κ1) is 17.1. The van der Waals surface area contributed by atoms with Crippen LogP contribution in [0.25, 0.3) is 0 Å². The molecule has 0 saturated carbocycles. The number of nitrogens with one attached hydrogen (secondary N) is 1. The number of rotatable bonds is 7. The maximum atomic E-state index is 11.7. The van der Waals surface area contributed by atoms with Crippen molar-refractivity contribution in [2.75, 3.05) is 7.11 Å². The number of esters is 1. The Labute approximate surface area is 124 Å². The number of nitro benzene ring substituents is 1. The number of carbonyl (C=O) groups is 1. The van der Waals surface area contributed by atoms with Gasteiger partial charge in [0.15, 0.2) is 0 Å². The van der Waals surface area contributed by atoms with Gasteiger partial charge in [-0.05, 0) is 24.8 Å². The lowest BCUT2D eigenvalue weighted by Crippen LogP contribution is -2.38. The molecule has 0 aromatic heterocycles. The Morgan fingerprint density at radius 3 is 2.62 bits per heavy atom. The molecule has 116 valence electrons. The fourth-order valence-corrected chi connectivity index (χ4v) is 2.08. The molecule has 1 aromatic carbocycles. The molecule has 0 aliphatic heterocycles. The van der Waals surface area contributed by atoms with Gasteiger partial charge < -0.3 is 10.1 Å². The first-order valence-corrected chi connectivity index (χ1v) is 6.90. The number of ether oxygens (including phenoxy) is 1. The van der Waals surface area contributed by atoms with Gasteiger partial charge in [0.05, 0.1) is 12.0 Å². The van der Waals surface area contributed by atoms with Crippen LogP contribution in [0.1, 0.15) is 31.4 Å². The number of nitro groups is 1. The lowest BCUT2D eigenvalue weighted by atomic mass is 10.0. The molecule has 0 radical (unpaired) electrons. The van der Waals surface area contributed by atoms with Gasteiger partial charge in [-0.15, -0.1) is 0 Å². The summed E-state index contributed by atoms with van der Waals surface area (Å²) in [7, 11) is 1.36. The molecule has 1 N–H and O–H groups in total. The molecule has 0 fully saturated rings. The molecule has 0 bridgehead atoms. The first-order chi connectivity index (χ1) is 9.85. The molecular formula is C15H22N2O4. The van der Waals surface area contributed by atoms with E-state index in [1.165, 1.54) is 13.2 Å². The van der Waals surface area contributed by atoms with Gasteiger partial charge in [-0.25, -0.2) is 0 Å². The molecule has 0 aliphatic carbocycles. The van der Waals surface area contributed by atoms with Crippen LogP contribution in [0.5, 0.6) is 0 Å². The maximum absolute atomic E-state index is 11.7. The van der Waals surface area contributed by atoms with Crippen molar-refractivity contribution in [1.29, 1.82) is 0 Å². The SMILES string of the molecule is COC(=O)C(CC(C)C)NCc1ccc(C)c([N+](=O)[O-])c1. The Morgan fingerprint density at radius 1 is 1.43 bits per heavy atom. The highest BCUT2D eigenvalue weighted by molar-refractivity contribution is 5.75. The molecule has 1 unspecified atom stereocenters. The second kappa shape index (κ2) is 7.73. The van der Waals surface area contributed by atoms with Gasteiger partial charge in [0.25, 0.3) is 5.69 Å². The summed E-state index contributed by atoms with van der Waals surface area (Å²) >= 11 is 0. The van der Waals surface area contributed by atoms with E-state index >= 15 is 0 Å². The van der Waals surface area contributed by atoms with Crippen molar-refractivity contribution in [1.82, 2.24) is 5.32 Å². The van der Waals surface area contributed by atoms with Gasteiger partial charge in [0.2, 0.25) is 0 Å². The van der Waals surface area contributed by atoms with Crippen LogP contribution in [0.3, 0.4) is 0 Å². The molecule has 0 aliphatic rings. The van der Waals surface area contributed by atoms with E-state index in [0.717, 1.165) is 5.56 Å². The highest BCUT2D eigenvalue weighted by atomic mass is 16.6. The molecular weight excluding hydrogens is 272 g/mol. The zero-order chi connectivity index (χ0) is 16.0. The van der Waals surface area contributed by atoms with Crippen LogP contribution in [-0.4, -0.2) is 24.0 Å². The summed E-state index contributed by atoms with van der Waals surface area (Å²) in [5.41, 5.74) is 1.48. The van der Waals surface area contributed by atoms with E-state index in [1.54, 1.807) is 13.0 Å². The van der Waals surface area contributed by atoms with Crippen molar-refractivity contribution in [3.63, 3.8) is 0 Å². The van der Waals surface area contributed by atoms with Crippen LogP contribution in [0.4, 0.5) is 5.69 Å². The number of aryl methyl sites for hydroxylation is 1. The number of hydrogen-bond acceptors (Lipinski definition) is 5. The second-order valence-electron chi connectivity index (χ2n) is 5.46. The maximum Gasteiger partial charge on any atom is 0.322 e. The van der Waals surface area contributed by atoms with E-state index in [2.05, 4.69) is 5.32 Å². The summed E-state index contributed by atoms with van der Waals surface area (Å²) in [4.78, 5) is 22.2. The van der Waals surface area contributed by atoms with Crippen molar-refractivity contribution in [3.05, 3.63) is 39.4 Å². The molecule has 0 heterocycles. The van der Waals surface area contributed by atoms with Crippen LogP contribution in [0, 0.1) is 23.0 Å². The largest absolute Gasteiger partial charge is 0.468 e. The minimum Gasteiger partial charge on any atom is -0.468 e. The smallest absolute Gasteiger partial charge is 0.322 e. The zero-order valence-corrected chi connectivity index (χ0v) is 12.9. The predicted molar refractivity (Wildman–Crippen MR) is 79.9 cm³/mol. The highest BCUT2D eigenvalue weighted by Gasteiger charge is 2.20. The normalized spacial score (nSPS) is 12.2. The van der Waals surface area contributed by atoms with Crippen LogP contribution in [0.15, 0.2) is 18.2 Å². The van der Waals surface area contributed by atoms with E-state index in [0.29, 0.717) is 24.4 Å². The van der Waals surface area contributed by atoms with Gasteiger partial charge in [0, 0.05) is 18.2 Å². The number of methoxy groups -OCH3 is 1. The van der Waals surface area contributed by atoms with E-state index in [-0.39, 0.29) is 11.7 Å². The Kier molecular flexibility index (Phi) is 6.30. The van der Waals surface area contributed by atoms with E-state index in [1.807, 2.05) is 19.9 Å². The molecule has 1 atom stereocenters. The third-order valence-electron chi connectivity index (χ3n) is 3.22. The standard InChI is InChI=1S/C15H22N2O4/c1-10(2)7-13(15(18)21-4)16-9-12-6-5-11(3)14(8-12)17(19)20/h5-6,8,10,13,16H,7,9H2,1-4H3. The zero-order valence-electron chi connectivity index (χ0n) is 12.9. The molecule has 0 saturated heterocycles. The minimum atomic E-state index is -0.407. The Balaban J connectivity index is 2.78. The third-order valence-corrected chi connectivity index (χ3v) is 3.22. The van der Waals surface area contributed by atoms with Crippen LogP contribution in [0.2, 0.25) is 0 Å². The van der Waals surface area contributed by atoms with Crippen LogP contribution in [-0.2, 0) is 16.1 Å². The van der Waals surface area contributed by atoms with Crippen molar-refractivity contribution in [2.45, 2.75) is 39.8 Å². The van der Waals surface area contributed by atoms with Crippen molar-refractivity contribution >= 4 is 11.7 Å². The van der Waals surface area contributed by atoms with E-state index in [9.17, 15) is 14.9 Å². The lowest BCUT2D eigenvalue weighted by Gasteiger charge is -2.18. The van der Waals surface area contributed by atoms with E-state index in [4.69, 9.17) is 4.74 Å². The number of carbonyl (C=O) groups excluding carboxylic acids is 1. The van der Waals surface area contributed by atoms with E-state index < -0.39 is 11.0 Å². The van der Waals surface area contributed by atoms with Gasteiger partial charge in [0.1, 0.15) is 6.04 Å². The molecule has 0 spiro atoms. The summed E-state index contributed by atoms with van der Waals surface area (Å²) < 4.78 is 4.77. The quantitative estimate of drug-likeness (QED) is 0.475. The van der Waals surface area contributed by atoms with Gasteiger partial charge >= 0.3 is 5.97 Å². The summed E-state index contributed by atoms with van der Waals surface area (Å²) in [5, 5.41) is 14.0.